The van der Waals surface area contributed by atoms with Crippen molar-refractivity contribution in [1.82, 2.24) is 5.32 Å². The highest BCUT2D eigenvalue weighted by molar-refractivity contribution is 5.82. The van der Waals surface area contributed by atoms with Gasteiger partial charge in [-0.1, -0.05) is 18.9 Å². The van der Waals surface area contributed by atoms with E-state index in [1.165, 1.54) is 12.8 Å². The average molecular weight is 290 g/mol. The van der Waals surface area contributed by atoms with Gasteiger partial charge >= 0.3 is 0 Å². The fourth-order valence-electron chi connectivity index (χ4n) is 3.60. The molecule has 3 rings (SSSR count). The number of rotatable bonds is 3. The predicted octanol–water partition coefficient (Wildman–Crippen LogP) is 2.95. The van der Waals surface area contributed by atoms with Crippen molar-refractivity contribution < 1.29 is 9.18 Å². The van der Waals surface area contributed by atoms with E-state index < -0.39 is 0 Å². The zero-order chi connectivity index (χ0) is 14.8. The summed E-state index contributed by atoms with van der Waals surface area (Å²) in [5.41, 5.74) is 2.62. The smallest absolute Gasteiger partial charge is 0.239 e. The van der Waals surface area contributed by atoms with Gasteiger partial charge in [0.15, 0.2) is 0 Å². The molecular weight excluding hydrogens is 267 g/mol. The monoisotopic (exact) mass is 290 g/mol. The Balaban J connectivity index is 1.71. The molecule has 1 aliphatic heterocycles. The maximum absolute atomic E-state index is 14.3. The number of hydrogen-bond donors (Lipinski definition) is 1. The number of benzene rings is 1. The van der Waals surface area contributed by atoms with Crippen molar-refractivity contribution in [2.45, 2.75) is 51.5 Å². The molecule has 1 heterocycles. The third-order valence-electron chi connectivity index (χ3n) is 4.53. The summed E-state index contributed by atoms with van der Waals surface area (Å²) in [6.45, 7) is 2.93. The summed E-state index contributed by atoms with van der Waals surface area (Å²) in [7, 11) is 0. The van der Waals surface area contributed by atoms with Crippen LogP contribution in [0.5, 0.6) is 0 Å². The van der Waals surface area contributed by atoms with Crippen LogP contribution >= 0.6 is 0 Å². The minimum absolute atomic E-state index is 0.0229. The van der Waals surface area contributed by atoms with Gasteiger partial charge in [-0.05, 0) is 49.8 Å². The number of fused-ring (bicyclic) bond motifs is 1. The lowest BCUT2D eigenvalue weighted by molar-refractivity contribution is -0.120. The minimum atomic E-state index is -0.196. The summed E-state index contributed by atoms with van der Waals surface area (Å²) < 4.78 is 14.3. The molecule has 114 valence electrons. The van der Waals surface area contributed by atoms with E-state index in [0.29, 0.717) is 11.7 Å². The molecular formula is C17H23FN2O. The largest absolute Gasteiger partial charge is 0.360 e. The fourth-order valence-corrected chi connectivity index (χ4v) is 3.60. The molecule has 21 heavy (non-hydrogen) atoms. The highest BCUT2D eigenvalue weighted by atomic mass is 19.1. The first-order valence-electron chi connectivity index (χ1n) is 7.97. The van der Waals surface area contributed by atoms with Gasteiger partial charge in [-0.3, -0.25) is 4.79 Å². The summed E-state index contributed by atoms with van der Waals surface area (Å²) in [4.78, 5) is 14.1. The van der Waals surface area contributed by atoms with Gasteiger partial charge in [-0.25, -0.2) is 4.39 Å². The van der Waals surface area contributed by atoms with E-state index in [-0.39, 0.29) is 18.3 Å². The SMILES string of the molecule is Cc1cc(F)c2c(c1)CCCN2CC(=O)NC1CCCC1. The van der Waals surface area contributed by atoms with Gasteiger partial charge < -0.3 is 10.2 Å². The molecule has 4 heteroatoms. The molecule has 0 unspecified atom stereocenters. The quantitative estimate of drug-likeness (QED) is 0.928. The van der Waals surface area contributed by atoms with Crippen LogP contribution in [0.2, 0.25) is 0 Å². The van der Waals surface area contributed by atoms with Crippen LogP contribution in [0, 0.1) is 12.7 Å². The van der Waals surface area contributed by atoms with Crippen LogP contribution in [0.25, 0.3) is 0 Å². The molecule has 0 radical (unpaired) electrons. The normalized spacial score (nSPS) is 18.7. The molecule has 2 aliphatic rings. The molecule has 0 saturated heterocycles. The zero-order valence-corrected chi connectivity index (χ0v) is 12.6. The third-order valence-corrected chi connectivity index (χ3v) is 4.53. The van der Waals surface area contributed by atoms with Crippen LogP contribution < -0.4 is 10.2 Å². The molecule has 1 aliphatic carbocycles. The molecule has 1 aromatic rings. The summed E-state index contributed by atoms with van der Waals surface area (Å²) in [6.07, 6.45) is 6.43. The van der Waals surface area contributed by atoms with Crippen molar-refractivity contribution >= 4 is 11.6 Å². The second-order valence-electron chi connectivity index (χ2n) is 6.33. The van der Waals surface area contributed by atoms with Crippen molar-refractivity contribution in [1.29, 1.82) is 0 Å². The van der Waals surface area contributed by atoms with Gasteiger partial charge in [0.1, 0.15) is 5.82 Å². The number of carbonyl (C=O) groups excluding carboxylic acids is 1. The van der Waals surface area contributed by atoms with Crippen molar-refractivity contribution in [2.24, 2.45) is 0 Å². The summed E-state index contributed by atoms with van der Waals surface area (Å²) in [6, 6.07) is 3.93. The summed E-state index contributed by atoms with van der Waals surface area (Å²) >= 11 is 0. The van der Waals surface area contributed by atoms with Crippen LogP contribution in [-0.4, -0.2) is 25.0 Å². The van der Waals surface area contributed by atoms with E-state index in [1.54, 1.807) is 6.07 Å². The van der Waals surface area contributed by atoms with E-state index in [4.69, 9.17) is 0 Å². The van der Waals surface area contributed by atoms with Gasteiger partial charge in [-0.2, -0.15) is 0 Å². The number of hydrogen-bond acceptors (Lipinski definition) is 2. The zero-order valence-electron chi connectivity index (χ0n) is 12.6. The van der Waals surface area contributed by atoms with Gasteiger partial charge in [0.05, 0.1) is 12.2 Å². The Morgan fingerprint density at radius 2 is 2.10 bits per heavy atom. The van der Waals surface area contributed by atoms with Crippen LogP contribution in [0.15, 0.2) is 12.1 Å². The topological polar surface area (TPSA) is 32.3 Å². The molecule has 1 saturated carbocycles. The predicted molar refractivity (Wildman–Crippen MR) is 82.1 cm³/mol. The Bertz CT molecular complexity index is 538. The molecule has 0 atom stereocenters. The van der Waals surface area contributed by atoms with E-state index in [9.17, 15) is 9.18 Å². The van der Waals surface area contributed by atoms with Gasteiger partial charge in [0, 0.05) is 12.6 Å². The fraction of sp³-hybridized carbons (Fsp3) is 0.588. The lowest BCUT2D eigenvalue weighted by Crippen LogP contribution is -2.43. The molecule has 1 N–H and O–H groups in total. The summed E-state index contributed by atoms with van der Waals surface area (Å²) in [5, 5.41) is 3.08. The van der Waals surface area contributed by atoms with E-state index in [2.05, 4.69) is 5.32 Å². The van der Waals surface area contributed by atoms with Crippen molar-refractivity contribution in [2.75, 3.05) is 18.0 Å². The van der Waals surface area contributed by atoms with Crippen LogP contribution in [-0.2, 0) is 11.2 Å². The number of nitrogens with zero attached hydrogens (tertiary/aromatic N) is 1. The number of aryl methyl sites for hydroxylation is 2. The Morgan fingerprint density at radius 3 is 2.86 bits per heavy atom. The Morgan fingerprint density at radius 1 is 1.33 bits per heavy atom. The maximum Gasteiger partial charge on any atom is 0.239 e. The number of halogens is 1. The highest BCUT2D eigenvalue weighted by Crippen LogP contribution is 2.31. The van der Waals surface area contributed by atoms with Crippen LogP contribution in [0.4, 0.5) is 10.1 Å². The van der Waals surface area contributed by atoms with E-state index in [0.717, 1.165) is 43.4 Å². The Kier molecular flexibility index (Phi) is 4.13. The number of amides is 1. The molecule has 1 fully saturated rings. The molecule has 1 amide bonds. The molecule has 0 aromatic heterocycles. The second-order valence-corrected chi connectivity index (χ2v) is 6.33. The number of anilines is 1. The van der Waals surface area contributed by atoms with E-state index >= 15 is 0 Å². The second kappa shape index (κ2) is 6.04. The van der Waals surface area contributed by atoms with Crippen molar-refractivity contribution in [3.8, 4) is 0 Å². The lowest BCUT2D eigenvalue weighted by atomic mass is 9.99. The van der Waals surface area contributed by atoms with Crippen LogP contribution in [0.1, 0.15) is 43.2 Å². The molecule has 0 spiro atoms. The minimum Gasteiger partial charge on any atom is -0.360 e. The highest BCUT2D eigenvalue weighted by Gasteiger charge is 2.24. The third kappa shape index (κ3) is 3.20. The average Bonchev–Trinajstić information content (AvgIpc) is 2.90. The standard InChI is InChI=1S/C17H23FN2O/c1-12-9-13-5-4-8-20(17(13)15(18)10-12)11-16(21)19-14-6-2-3-7-14/h9-10,14H,2-8,11H2,1H3,(H,19,21). The first-order valence-corrected chi connectivity index (χ1v) is 7.97. The molecule has 3 nitrogen and oxygen atoms in total. The Labute approximate surface area is 125 Å². The molecule has 1 aromatic carbocycles. The molecule has 0 bridgehead atoms. The Hall–Kier alpha value is -1.58. The van der Waals surface area contributed by atoms with Gasteiger partial charge in [-0.15, -0.1) is 0 Å². The maximum atomic E-state index is 14.3. The number of nitrogens with one attached hydrogen (secondary N) is 1. The van der Waals surface area contributed by atoms with Crippen LogP contribution in [0.3, 0.4) is 0 Å². The summed E-state index contributed by atoms with van der Waals surface area (Å²) in [5.74, 6) is -0.173. The van der Waals surface area contributed by atoms with Crippen molar-refractivity contribution in [3.63, 3.8) is 0 Å². The van der Waals surface area contributed by atoms with Gasteiger partial charge in [0.2, 0.25) is 5.91 Å². The van der Waals surface area contributed by atoms with Gasteiger partial charge in [0.25, 0.3) is 0 Å². The van der Waals surface area contributed by atoms with E-state index in [1.807, 2.05) is 17.9 Å². The number of carbonyl (C=O) groups is 1. The first-order chi connectivity index (χ1) is 10.1. The first kappa shape index (κ1) is 14.4. The van der Waals surface area contributed by atoms with Crippen molar-refractivity contribution in [3.05, 3.63) is 29.1 Å². The lowest BCUT2D eigenvalue weighted by Gasteiger charge is -2.31.